The number of Topliss-reactive ketones (excluding diaryl/α,β-unsaturated/α-hetero) is 1. The molecule has 0 bridgehead atoms. The molecule has 700 valence electrons. The van der Waals surface area contributed by atoms with Crippen LogP contribution in [0.4, 0.5) is 5.69 Å². The molecule has 45 nitrogen and oxygen atoms in total. The predicted molar refractivity (Wildman–Crippen MR) is 456 cm³/mol. The number of cyclic esters (lactones) is 1. The van der Waals surface area contributed by atoms with E-state index in [4.69, 9.17) is 16.2 Å². The van der Waals surface area contributed by atoms with Crippen LogP contribution in [0.3, 0.4) is 0 Å². The molecule has 7 rings (SSSR count). The van der Waals surface area contributed by atoms with Crippen molar-refractivity contribution < 1.29 is 126 Å². The van der Waals surface area contributed by atoms with E-state index in [1.165, 1.54) is 24.3 Å². The van der Waals surface area contributed by atoms with E-state index in [1.807, 2.05) is 34.9 Å². The molecule has 2 aliphatic rings. The summed E-state index contributed by atoms with van der Waals surface area (Å²) in [6.07, 6.45) is -1.38. The number of ketones is 1. The number of ether oxygens (including phenoxy) is 1. The third kappa shape index (κ3) is 31.8. The third-order valence-electron chi connectivity index (χ3n) is 21.3. The number of carbonyl (C=O) groups is 20. The molecule has 1 unspecified atom stereocenters. The van der Waals surface area contributed by atoms with Gasteiger partial charge in [-0.15, -0.1) is 0 Å². The molecule has 5 aromatic rings. The fourth-order valence-electron chi connectivity index (χ4n) is 14.4. The zero-order valence-electron chi connectivity index (χ0n) is 71.5. The molecule has 0 saturated carbocycles. The van der Waals surface area contributed by atoms with Gasteiger partial charge in [0.1, 0.15) is 72.6 Å². The van der Waals surface area contributed by atoms with Crippen LogP contribution in [0.1, 0.15) is 158 Å². The van der Waals surface area contributed by atoms with E-state index in [9.17, 15) is 112 Å². The summed E-state index contributed by atoms with van der Waals surface area (Å²) in [6, 6.07) is -3.37. The lowest BCUT2D eigenvalue weighted by Crippen LogP contribution is -2.61. The fraction of sp³-hybridized carbons (Fsp3) is 0.500. The topological polar surface area (TPSA) is 716 Å². The molecule has 0 radical (unpaired) electrons. The second-order valence-electron chi connectivity index (χ2n) is 31.4. The first-order valence-corrected chi connectivity index (χ1v) is 42.1. The Morgan fingerprint density at radius 3 is 1.79 bits per heavy atom. The Labute approximate surface area is 738 Å². The van der Waals surface area contributed by atoms with Crippen molar-refractivity contribution in [3.63, 3.8) is 0 Å². The molecule has 15 amide bonds. The second-order valence-corrected chi connectivity index (χ2v) is 31.4. The summed E-state index contributed by atoms with van der Waals surface area (Å²) in [5, 5.41) is 87.3. The first kappa shape index (κ1) is 102. The monoisotopic (exact) mass is 1800 g/mol. The van der Waals surface area contributed by atoms with Crippen LogP contribution in [0, 0.1) is 5.92 Å². The Bertz CT molecular complexity index is 4920. The van der Waals surface area contributed by atoms with Gasteiger partial charge in [-0.05, 0) is 87.3 Å². The molecule has 2 aromatic heterocycles. The van der Waals surface area contributed by atoms with Crippen LogP contribution in [0.5, 0.6) is 0 Å². The number of aliphatic carboxylic acids is 3. The van der Waals surface area contributed by atoms with E-state index in [2.05, 4.69) is 86.0 Å². The smallest absolute Gasteiger partial charge is 0.329 e. The molecule has 3 aromatic carbocycles. The van der Waals surface area contributed by atoms with Crippen LogP contribution in [0.2, 0.25) is 0 Å². The van der Waals surface area contributed by atoms with Gasteiger partial charge in [-0.2, -0.15) is 0 Å². The lowest BCUT2D eigenvalue weighted by molar-refractivity contribution is -0.156. The number of aliphatic hydroxyl groups excluding tert-OH is 2. The van der Waals surface area contributed by atoms with Gasteiger partial charge in [-0.3, -0.25) is 96.4 Å². The molecule has 0 spiro atoms. The number of benzene rings is 3. The molecule has 1 saturated heterocycles. The largest absolute Gasteiger partial charge is 0.481 e. The summed E-state index contributed by atoms with van der Waals surface area (Å²) in [4.78, 5) is 285. The summed E-state index contributed by atoms with van der Waals surface area (Å²) in [6.45, 7) is 0.467. The number of unbranched alkanes of at least 4 members (excludes halogenated alkanes) is 6. The Morgan fingerprint density at radius 2 is 1.14 bits per heavy atom. The molecule has 45 heteroatoms. The predicted octanol–water partition coefficient (Wildman–Crippen LogP) is -4.36. The number of nitrogens with two attached hydrogens (primary N) is 2. The Balaban J connectivity index is 1.26. The highest BCUT2D eigenvalue weighted by Gasteiger charge is 2.41. The first-order valence-electron chi connectivity index (χ1n) is 42.1. The van der Waals surface area contributed by atoms with E-state index in [1.54, 1.807) is 30.5 Å². The van der Waals surface area contributed by atoms with Crippen molar-refractivity contribution in [2.45, 2.75) is 228 Å². The van der Waals surface area contributed by atoms with Gasteiger partial charge in [0.25, 0.3) is 0 Å². The van der Waals surface area contributed by atoms with Crippen molar-refractivity contribution in [2.24, 2.45) is 11.7 Å². The quantitative estimate of drug-likeness (QED) is 0.00773. The standard InChI is InChI=1S/C84H113N19O26/c1-5-6-7-8-9-10-11-26-65(108)95-56(31-45-37-88-51-23-16-13-19-46(45)51)79(123)99-57(34-64(86)107)80(124)97-54(27-29-104)77(121)103-72-44(4)129-84(128)60(33-63(106)48-21-12-15-22-50(48)85)101-83(127)71(42(2)30-68(111)112)102-81(125)62(41-105)96-67(110)39-90-75(119)58(35-69(113)114)98-73(117)43(3)92-78(122)59(36-70(115)116)100-76(120)53(94-66(109)40-91-82(72)126)25-18-28-87-74(118)55-32-49-47-20-14-17-24-52(47)93-61(49)38-89-55/h12-17,19-24,37,42-44,53-60,62,71-72,88-89,93,104-105H,5-11,18,25-36,38-41,85H2,1-4H3,(H2,86,107)(H,87,118)(H,90,119)(H,91,126)(H,92,122)(H,94,109)(H,95,108)(H,96,110)(H,97,124)(H,98,117)(H,99,123)(H,100,120)(H,101,127)(H,102,125)(H,103,121)(H,111,112)(H,113,114)(H,115,116)/t42-,43-,44-,53+,54+,55?,56+,57+,58+,59+,60+,62-,71+,72+/m1/s1. The van der Waals surface area contributed by atoms with Crippen molar-refractivity contribution in [3.8, 4) is 0 Å². The maximum absolute atomic E-state index is 15.1. The molecule has 129 heavy (non-hydrogen) atoms. The maximum atomic E-state index is 15.1. The van der Waals surface area contributed by atoms with Gasteiger partial charge in [-0.1, -0.05) is 101 Å². The van der Waals surface area contributed by atoms with Gasteiger partial charge in [0, 0.05) is 83.9 Å². The van der Waals surface area contributed by atoms with Crippen molar-refractivity contribution in [1.29, 1.82) is 0 Å². The van der Waals surface area contributed by atoms with Crippen LogP contribution in [0.25, 0.3) is 21.8 Å². The number of primary amides is 1. The number of rotatable bonds is 37. The fourth-order valence-corrected chi connectivity index (χ4v) is 14.4. The van der Waals surface area contributed by atoms with Crippen molar-refractivity contribution >= 4 is 146 Å². The average Bonchev–Trinajstić information content (AvgIpc) is 1.63. The zero-order valence-corrected chi connectivity index (χ0v) is 71.5. The number of carboxylic acids is 3. The summed E-state index contributed by atoms with van der Waals surface area (Å²) in [5.74, 6) is -27.8. The molecule has 4 heterocycles. The number of anilines is 1. The van der Waals surface area contributed by atoms with E-state index < -0.39 is 274 Å². The SMILES string of the molecule is CCCCCCCCCC(=O)N[C@@H](Cc1c[nH]c2ccccc12)C(=O)N[C@@H](CC(N)=O)C(=O)N[C@@H](CCO)C(=O)N[C@@H]1C(=O)NCC(=O)N[C@@H](CCCNC(=O)C2Cc3c([nH]c4ccccc34)CN2)C(=O)N[C@@H](CC(=O)O)C(=O)N[C@H](C)C(=O)N[C@@H](CC(=O)O)C(=O)NCC(=O)N[C@H](CO)C(=O)N[C@@H]([C@H](C)CC(=O)O)C(=O)N[C@@H](CC(=O)c2ccccc2N)C(=O)O[C@@H]1C. The number of carbonyl (C=O) groups excluding carboxylic acids is 17. The number of hydrogen-bond donors (Lipinski definition) is 24. The average molecular weight is 1800 g/mol. The minimum atomic E-state index is -2.38. The number of fused-ring (bicyclic) bond motifs is 4. The van der Waals surface area contributed by atoms with Gasteiger partial charge in [0.2, 0.25) is 88.6 Å². The van der Waals surface area contributed by atoms with Gasteiger partial charge >= 0.3 is 23.9 Å². The number of esters is 1. The van der Waals surface area contributed by atoms with E-state index in [0.29, 0.717) is 29.3 Å². The number of aromatic amines is 2. The van der Waals surface area contributed by atoms with Crippen LogP contribution in [0.15, 0.2) is 79.0 Å². The van der Waals surface area contributed by atoms with Crippen molar-refractivity contribution in [2.75, 3.05) is 38.6 Å². The minimum absolute atomic E-state index is 0.00337. The number of hydrogen-bond acceptors (Lipinski definition) is 25. The summed E-state index contributed by atoms with van der Waals surface area (Å²) >= 11 is 0. The van der Waals surface area contributed by atoms with Crippen LogP contribution >= 0.6 is 0 Å². The zero-order chi connectivity index (χ0) is 94.7. The number of nitrogens with one attached hydrogen (secondary N) is 17. The van der Waals surface area contributed by atoms with Gasteiger partial charge in [0.15, 0.2) is 5.78 Å². The highest BCUT2D eigenvalue weighted by Crippen LogP contribution is 2.27. The molecular weight excluding hydrogens is 1690 g/mol. The highest BCUT2D eigenvalue weighted by atomic mass is 16.5. The second kappa shape index (κ2) is 50.4. The Kier molecular flexibility index (Phi) is 39.9. The van der Waals surface area contributed by atoms with E-state index in [-0.39, 0.29) is 50.0 Å². The molecule has 1 fully saturated rings. The van der Waals surface area contributed by atoms with Gasteiger partial charge in [0.05, 0.1) is 51.4 Å². The van der Waals surface area contributed by atoms with Crippen molar-refractivity contribution in [1.82, 2.24) is 89.7 Å². The third-order valence-corrected chi connectivity index (χ3v) is 21.3. The number of aliphatic hydroxyl groups is 2. The minimum Gasteiger partial charge on any atom is -0.481 e. The van der Waals surface area contributed by atoms with Crippen LogP contribution < -0.4 is 91.2 Å². The number of carboxylic acid groups (broad SMARTS) is 3. The van der Waals surface area contributed by atoms with Crippen LogP contribution in [-0.2, 0) is 115 Å². The number of amides is 15. The van der Waals surface area contributed by atoms with E-state index >= 15 is 9.59 Å². The number of nitrogen functional groups attached to an aromatic ring is 1. The van der Waals surface area contributed by atoms with Gasteiger partial charge in [-0.25, -0.2) is 4.79 Å². The number of H-pyrrole nitrogens is 2. The number of aromatic nitrogens is 2. The maximum Gasteiger partial charge on any atom is 0.329 e. The van der Waals surface area contributed by atoms with E-state index in [0.717, 1.165) is 75.0 Å². The highest BCUT2D eigenvalue weighted by molar-refractivity contribution is 6.05. The van der Waals surface area contributed by atoms with Crippen molar-refractivity contribution in [3.05, 3.63) is 101 Å². The molecular formula is C84H113N19O26. The normalized spacial score (nSPS) is 21.3. The van der Waals surface area contributed by atoms with Gasteiger partial charge < -0.3 is 126 Å². The Morgan fingerprint density at radius 1 is 0.558 bits per heavy atom. The lowest BCUT2D eigenvalue weighted by Gasteiger charge is -2.30. The Hall–Kier alpha value is -14.0. The molecule has 26 N–H and O–H groups in total. The lowest BCUT2D eigenvalue weighted by atomic mass is 9.96. The number of para-hydroxylation sites is 3. The molecule has 14 atom stereocenters. The molecule has 0 aliphatic carbocycles. The molecule has 2 aliphatic heterocycles. The summed E-state index contributed by atoms with van der Waals surface area (Å²) in [7, 11) is 0. The van der Waals surface area contributed by atoms with Crippen LogP contribution in [-0.4, -0.2) is 265 Å². The first-order chi connectivity index (χ1) is 61.4. The summed E-state index contributed by atoms with van der Waals surface area (Å²) < 4.78 is 5.80. The summed E-state index contributed by atoms with van der Waals surface area (Å²) in [5.41, 5.74) is 15.1.